The third kappa shape index (κ3) is 8.58. The Labute approximate surface area is 448 Å². The van der Waals surface area contributed by atoms with E-state index in [2.05, 4.69) is 273 Å². The van der Waals surface area contributed by atoms with Crippen molar-refractivity contribution in [1.82, 2.24) is 9.55 Å². The Kier molecular flexibility index (Phi) is 11.4. The Hall–Kier alpha value is -8.09. The molecule has 6 heteroatoms. The number of hydrogen-bond acceptors (Lipinski definition) is 5. The van der Waals surface area contributed by atoms with Crippen LogP contribution >= 0.6 is 0 Å². The number of nitrogens with zero attached hydrogens (tertiary/aromatic N) is 4. The van der Waals surface area contributed by atoms with E-state index >= 15 is 0 Å². The summed E-state index contributed by atoms with van der Waals surface area (Å²) in [6.45, 7) is 28.0. The first kappa shape index (κ1) is 48.8. The van der Waals surface area contributed by atoms with E-state index in [0.717, 1.165) is 78.1 Å². The molecular weight excluding hydrogens is 929 g/mol. The lowest BCUT2D eigenvalue weighted by molar-refractivity contribution is 0.483. The number of pyridine rings is 1. The molecule has 4 heterocycles. The number of rotatable bonds is 7. The molecule has 3 aromatic heterocycles. The zero-order valence-corrected chi connectivity index (χ0v) is 46.1. The maximum Gasteiger partial charge on any atom is 0.161 e. The van der Waals surface area contributed by atoms with Gasteiger partial charge in [-0.1, -0.05) is 180 Å². The van der Waals surface area contributed by atoms with Crippen LogP contribution < -0.4 is 14.5 Å². The molecule has 0 N–H and O–H groups in total. The average Bonchev–Trinajstić information content (AvgIpc) is 4.08. The molecule has 1 aliphatic rings. The molecule has 0 radical (unpaired) electrons. The molecule has 76 heavy (non-hydrogen) atoms. The highest BCUT2D eigenvalue weighted by atomic mass is 16.5. The highest BCUT2D eigenvalue weighted by Crippen LogP contribution is 2.52. The van der Waals surface area contributed by atoms with Crippen molar-refractivity contribution in [2.75, 3.05) is 16.5 Å². The van der Waals surface area contributed by atoms with E-state index in [1.54, 1.807) is 0 Å². The van der Waals surface area contributed by atoms with Gasteiger partial charge in [-0.25, -0.2) is 4.98 Å². The van der Waals surface area contributed by atoms with E-state index < -0.39 is 0 Å². The molecule has 12 rings (SSSR count). The molecule has 8 aromatic carbocycles. The Bertz CT molecular complexity index is 3960. The summed E-state index contributed by atoms with van der Waals surface area (Å²) in [5.74, 6) is 2.30. The van der Waals surface area contributed by atoms with Crippen molar-refractivity contribution in [3.63, 3.8) is 0 Å². The summed E-state index contributed by atoms with van der Waals surface area (Å²) >= 11 is 0. The van der Waals surface area contributed by atoms with Crippen molar-refractivity contribution in [2.45, 2.75) is 105 Å². The largest absolute Gasteiger partial charge is 0.457 e. The van der Waals surface area contributed by atoms with Gasteiger partial charge in [-0.3, -0.25) is 4.57 Å². The summed E-state index contributed by atoms with van der Waals surface area (Å²) in [7, 11) is 0. The highest BCUT2D eigenvalue weighted by molar-refractivity contribution is 6.24. The van der Waals surface area contributed by atoms with Gasteiger partial charge in [-0.2, -0.15) is 0 Å². The second-order valence-electron chi connectivity index (χ2n) is 25.0. The van der Waals surface area contributed by atoms with E-state index in [0.29, 0.717) is 6.67 Å². The number of fused-ring (bicyclic) bond motifs is 8. The van der Waals surface area contributed by atoms with Crippen LogP contribution in [-0.4, -0.2) is 16.2 Å². The van der Waals surface area contributed by atoms with Gasteiger partial charge in [-0.15, -0.1) is 0 Å². The fourth-order valence-corrected chi connectivity index (χ4v) is 11.1. The summed E-state index contributed by atoms with van der Waals surface area (Å²) in [5.41, 5.74) is 18.0. The smallest absolute Gasteiger partial charge is 0.161 e. The Morgan fingerprint density at radius 3 is 1.70 bits per heavy atom. The molecule has 1 aliphatic heterocycles. The predicted molar refractivity (Wildman–Crippen MR) is 320 cm³/mol. The molecule has 6 nitrogen and oxygen atoms in total. The van der Waals surface area contributed by atoms with Crippen LogP contribution in [0.3, 0.4) is 0 Å². The minimum atomic E-state index is -0.0931. The number of ether oxygens (including phenoxy) is 1. The monoisotopic (exact) mass is 997 g/mol. The Balaban J connectivity index is 0.971. The van der Waals surface area contributed by atoms with E-state index in [4.69, 9.17) is 14.1 Å². The number of benzene rings is 8. The van der Waals surface area contributed by atoms with E-state index in [1.807, 2.05) is 6.20 Å². The average molecular weight is 997 g/mol. The first-order valence-electron chi connectivity index (χ1n) is 26.9. The minimum absolute atomic E-state index is 0.0348. The van der Waals surface area contributed by atoms with Gasteiger partial charge in [0.05, 0.1) is 28.0 Å². The summed E-state index contributed by atoms with van der Waals surface area (Å²) in [6, 6.07) is 64.2. The van der Waals surface area contributed by atoms with Gasteiger partial charge >= 0.3 is 0 Å². The van der Waals surface area contributed by atoms with Crippen LogP contribution in [0.4, 0.5) is 22.7 Å². The van der Waals surface area contributed by atoms with Crippen LogP contribution in [0.25, 0.3) is 71.8 Å². The van der Waals surface area contributed by atoms with Gasteiger partial charge in [0.25, 0.3) is 0 Å². The Morgan fingerprint density at radius 2 is 1.07 bits per heavy atom. The number of aromatic nitrogens is 2. The van der Waals surface area contributed by atoms with Gasteiger partial charge in [-0.05, 0) is 133 Å². The lowest BCUT2D eigenvalue weighted by atomic mass is 9.81. The molecule has 0 saturated carbocycles. The van der Waals surface area contributed by atoms with Crippen molar-refractivity contribution in [1.29, 1.82) is 0 Å². The fourth-order valence-electron chi connectivity index (χ4n) is 11.1. The Morgan fingerprint density at radius 1 is 0.474 bits per heavy atom. The molecule has 0 aliphatic carbocycles. The maximum atomic E-state index is 6.95. The number of furan rings is 1. The lowest BCUT2D eigenvalue weighted by Gasteiger charge is -2.30. The van der Waals surface area contributed by atoms with Gasteiger partial charge in [0.2, 0.25) is 0 Å². The maximum absolute atomic E-state index is 6.95. The van der Waals surface area contributed by atoms with E-state index in [9.17, 15) is 0 Å². The lowest BCUT2D eigenvalue weighted by Crippen LogP contribution is -2.25. The van der Waals surface area contributed by atoms with Gasteiger partial charge in [0, 0.05) is 40.5 Å². The molecule has 0 unspecified atom stereocenters. The molecular formula is C70H68N4O2. The molecule has 380 valence electrons. The SMILES string of the molecule is CC(C)(C)c1ccc(-c2cc(C(C)(C)C)cc(-c3ccc(C(C)(C)C)cc3)c2N2CN(c3cccc(Oc4ccc5c6oc7ccc8ccccc8c7c6n(-c6cc(C(C)(C)C)ccn6)c5c4)c3)c3ccccc32)cc1. The van der Waals surface area contributed by atoms with Gasteiger partial charge in [0.1, 0.15) is 35.1 Å². The first-order chi connectivity index (χ1) is 36.2. The zero-order valence-electron chi connectivity index (χ0n) is 46.1. The van der Waals surface area contributed by atoms with Crippen LogP contribution in [-0.2, 0) is 21.7 Å². The second kappa shape index (κ2) is 17.8. The topological polar surface area (TPSA) is 46.7 Å². The number of para-hydroxylation sites is 2. The molecule has 0 amide bonds. The predicted octanol–water partition coefficient (Wildman–Crippen LogP) is 19.6. The standard InChI is InChI=1S/C70H68N4O2/c1-67(2,3)47-29-24-45(25-30-47)56-38-50(70(10,11)12)39-57(46-26-31-48(32-27-46)68(4,5)6)64(56)73-43-72(58-22-15-16-23-59(58)73)51-19-17-20-52(41-51)75-53-33-34-55-60(42-53)74(62-40-49(36-37-71-62)69(7,8)9)65-63-54-21-14-13-18-44(54)28-35-61(63)76-66(55)65/h13-42H,43H2,1-12H3. The van der Waals surface area contributed by atoms with Gasteiger partial charge < -0.3 is 19.0 Å². The van der Waals surface area contributed by atoms with Crippen molar-refractivity contribution in [3.8, 4) is 39.6 Å². The molecule has 0 fully saturated rings. The quantitative estimate of drug-likeness (QED) is 0.159. The molecule has 0 spiro atoms. The first-order valence-corrected chi connectivity index (χ1v) is 26.9. The summed E-state index contributed by atoms with van der Waals surface area (Å²) in [5, 5.41) is 4.37. The minimum Gasteiger partial charge on any atom is -0.457 e. The van der Waals surface area contributed by atoms with Crippen molar-refractivity contribution < 1.29 is 9.15 Å². The third-order valence-corrected chi connectivity index (χ3v) is 15.6. The van der Waals surface area contributed by atoms with Crippen LogP contribution in [0.2, 0.25) is 0 Å². The van der Waals surface area contributed by atoms with E-state index in [-0.39, 0.29) is 21.7 Å². The summed E-state index contributed by atoms with van der Waals surface area (Å²) < 4.78 is 16.0. The highest BCUT2D eigenvalue weighted by Gasteiger charge is 2.33. The second-order valence-corrected chi connectivity index (χ2v) is 25.0. The van der Waals surface area contributed by atoms with Crippen LogP contribution in [0, 0.1) is 0 Å². The van der Waals surface area contributed by atoms with Crippen LogP contribution in [0.15, 0.2) is 187 Å². The van der Waals surface area contributed by atoms with Crippen molar-refractivity contribution >= 4 is 66.5 Å². The van der Waals surface area contributed by atoms with Crippen LogP contribution in [0.1, 0.15) is 105 Å². The molecule has 0 atom stereocenters. The summed E-state index contributed by atoms with van der Waals surface area (Å²) in [4.78, 5) is 9.98. The molecule has 0 saturated heterocycles. The van der Waals surface area contributed by atoms with Crippen molar-refractivity contribution in [3.05, 3.63) is 204 Å². The summed E-state index contributed by atoms with van der Waals surface area (Å²) in [6.07, 6.45) is 1.93. The van der Waals surface area contributed by atoms with E-state index in [1.165, 1.54) is 50.2 Å². The van der Waals surface area contributed by atoms with Crippen molar-refractivity contribution in [2.24, 2.45) is 0 Å². The molecule has 0 bridgehead atoms. The number of anilines is 4. The zero-order chi connectivity index (χ0) is 53.1. The fraction of sp³-hybridized carbons (Fsp3) is 0.243. The molecule has 11 aromatic rings. The third-order valence-electron chi connectivity index (χ3n) is 15.6. The van der Waals surface area contributed by atoms with Gasteiger partial charge in [0.15, 0.2) is 5.58 Å². The van der Waals surface area contributed by atoms with Crippen LogP contribution in [0.5, 0.6) is 11.5 Å². The normalized spacial score (nSPS) is 13.4. The number of hydrogen-bond donors (Lipinski definition) is 0.